The van der Waals surface area contributed by atoms with Gasteiger partial charge in [0.05, 0.1) is 28.4 Å². The maximum atomic E-state index is 15.0. The Hall–Kier alpha value is -4.52. The van der Waals surface area contributed by atoms with E-state index in [9.17, 15) is 27.2 Å². The largest absolute Gasteiger partial charge is 0.416 e. The number of rotatable bonds is 5. The molecule has 1 aliphatic heterocycles. The number of aromatic nitrogens is 3. The number of aliphatic imine (C=N–C) groups is 1. The quantitative estimate of drug-likeness (QED) is 0.246. The molecule has 0 saturated carbocycles. The number of urea groups is 1. The van der Waals surface area contributed by atoms with Crippen LogP contribution in [0.15, 0.2) is 72.0 Å². The summed E-state index contributed by atoms with van der Waals surface area (Å²) in [6.45, 7) is 5.92. The minimum Gasteiger partial charge on any atom is -0.303 e. The molecule has 1 aromatic heterocycles. The lowest BCUT2D eigenvalue weighted by atomic mass is 9.99. The van der Waals surface area contributed by atoms with Gasteiger partial charge in [-0.3, -0.25) is 9.69 Å². The summed E-state index contributed by atoms with van der Waals surface area (Å²) in [5.41, 5.74) is 2.22. The van der Waals surface area contributed by atoms with Gasteiger partial charge in [-0.05, 0) is 54.3 Å². The fraction of sp³-hybridized carbons (Fsp3) is 0.207. The molecule has 0 bridgehead atoms. The molecule has 0 unspecified atom stereocenters. The lowest BCUT2D eigenvalue weighted by molar-refractivity contribution is -0.137. The van der Waals surface area contributed by atoms with Crippen LogP contribution in [0.4, 0.5) is 33.7 Å². The molecule has 1 saturated heterocycles. The van der Waals surface area contributed by atoms with Crippen molar-refractivity contribution in [1.29, 1.82) is 0 Å². The van der Waals surface area contributed by atoms with Gasteiger partial charge in [-0.25, -0.2) is 18.9 Å². The molecule has 0 atom stereocenters. The number of benzene rings is 3. The van der Waals surface area contributed by atoms with E-state index in [1.165, 1.54) is 40.2 Å². The van der Waals surface area contributed by atoms with Crippen molar-refractivity contribution in [3.63, 3.8) is 0 Å². The van der Waals surface area contributed by atoms with Crippen molar-refractivity contribution >= 4 is 40.2 Å². The van der Waals surface area contributed by atoms with Crippen LogP contribution < -0.4 is 10.2 Å². The number of amides is 3. The van der Waals surface area contributed by atoms with Crippen LogP contribution in [0.25, 0.3) is 17.1 Å². The van der Waals surface area contributed by atoms with Gasteiger partial charge in [-0.15, -0.1) is 5.10 Å². The van der Waals surface area contributed by atoms with Crippen molar-refractivity contribution in [3.8, 4) is 17.1 Å². The van der Waals surface area contributed by atoms with Crippen molar-refractivity contribution in [1.82, 2.24) is 14.8 Å². The molecule has 5 rings (SSSR count). The van der Waals surface area contributed by atoms with Crippen molar-refractivity contribution in [2.24, 2.45) is 4.99 Å². The lowest BCUT2D eigenvalue weighted by Gasteiger charge is -2.22. The van der Waals surface area contributed by atoms with Gasteiger partial charge in [0.15, 0.2) is 11.0 Å². The van der Waals surface area contributed by atoms with E-state index in [1.807, 2.05) is 39.0 Å². The fourth-order valence-electron chi connectivity index (χ4n) is 4.32. The minimum absolute atomic E-state index is 0.118. The molecule has 13 heteroatoms. The fourth-order valence-corrected chi connectivity index (χ4v) is 5.18. The number of aryl methyl sites for hydroxylation is 1. The second-order valence-electron chi connectivity index (χ2n) is 9.81. The predicted octanol–water partition coefficient (Wildman–Crippen LogP) is 7.19. The van der Waals surface area contributed by atoms with Crippen LogP contribution >= 0.6 is 11.8 Å². The van der Waals surface area contributed by atoms with Crippen LogP contribution in [-0.2, 0) is 11.0 Å². The number of amidine groups is 1. The van der Waals surface area contributed by atoms with Crippen LogP contribution in [-0.4, -0.2) is 37.6 Å². The first kappa shape index (κ1) is 29.0. The number of hydrogen-bond acceptors (Lipinski definition) is 5. The van der Waals surface area contributed by atoms with Gasteiger partial charge < -0.3 is 5.32 Å². The first-order valence-corrected chi connectivity index (χ1v) is 13.7. The number of carbonyl (C=O) groups excluding carboxylic acids is 2. The minimum atomic E-state index is -4.46. The summed E-state index contributed by atoms with van der Waals surface area (Å²) in [6, 6.07) is 13.2. The Morgan fingerprint density at radius 1 is 1.07 bits per heavy atom. The third kappa shape index (κ3) is 6.05. The number of halogens is 4. The topological polar surface area (TPSA) is 92.5 Å². The first-order chi connectivity index (χ1) is 19.9. The molecule has 2 heterocycles. The maximum Gasteiger partial charge on any atom is 0.416 e. The number of nitrogens with zero attached hydrogens (tertiary/aromatic N) is 5. The summed E-state index contributed by atoms with van der Waals surface area (Å²) >= 11 is 1.12. The van der Waals surface area contributed by atoms with E-state index in [0.29, 0.717) is 11.3 Å². The Kier molecular flexibility index (Phi) is 7.87. The molecular formula is C29H24F4N6O2S. The average molecular weight is 597 g/mol. The van der Waals surface area contributed by atoms with E-state index in [2.05, 4.69) is 20.4 Å². The third-order valence-corrected chi connectivity index (χ3v) is 7.36. The highest BCUT2D eigenvalue weighted by molar-refractivity contribution is 8.15. The molecule has 216 valence electrons. The Balaban J connectivity index is 1.33. The number of hydrogen-bond donors (Lipinski definition) is 1. The summed E-state index contributed by atoms with van der Waals surface area (Å²) in [6.07, 6.45) is -3.16. The number of alkyl halides is 3. The first-order valence-electron chi connectivity index (χ1n) is 12.8. The zero-order chi connectivity index (χ0) is 30.2. The molecule has 42 heavy (non-hydrogen) atoms. The van der Waals surface area contributed by atoms with E-state index in [-0.39, 0.29) is 39.9 Å². The standard InChI is InChI=1S/C29H24F4N6O2S/c1-16(2)21-10-4-17(3)12-24(21)39-25(40)14-42-28(39)36-27(41)35-23-11-9-20(13-22(23)30)38-15-34-26(37-38)18-5-7-19(8-6-18)29(31,32)33/h4-13,15-16H,14H2,1-3H3,(H,35,41). The Morgan fingerprint density at radius 2 is 1.81 bits per heavy atom. The normalized spacial score (nSPS) is 14.7. The van der Waals surface area contributed by atoms with Gasteiger partial charge in [0.2, 0.25) is 5.91 Å². The van der Waals surface area contributed by atoms with Crippen molar-refractivity contribution in [3.05, 3.63) is 89.5 Å². The van der Waals surface area contributed by atoms with E-state index in [1.54, 1.807) is 0 Å². The van der Waals surface area contributed by atoms with E-state index in [4.69, 9.17) is 0 Å². The monoisotopic (exact) mass is 596 g/mol. The average Bonchev–Trinajstić information content (AvgIpc) is 3.56. The second-order valence-corrected chi connectivity index (χ2v) is 10.8. The molecule has 3 aromatic carbocycles. The summed E-state index contributed by atoms with van der Waals surface area (Å²) in [5.74, 6) is -0.594. The van der Waals surface area contributed by atoms with Gasteiger partial charge in [0.1, 0.15) is 12.1 Å². The van der Waals surface area contributed by atoms with E-state index in [0.717, 1.165) is 41.1 Å². The van der Waals surface area contributed by atoms with Crippen LogP contribution in [0.3, 0.4) is 0 Å². The zero-order valence-corrected chi connectivity index (χ0v) is 23.4. The Labute approximate surface area is 242 Å². The molecule has 1 fully saturated rings. The molecule has 8 nitrogen and oxygen atoms in total. The molecule has 0 radical (unpaired) electrons. The van der Waals surface area contributed by atoms with E-state index < -0.39 is 23.6 Å². The zero-order valence-electron chi connectivity index (χ0n) is 22.6. The van der Waals surface area contributed by atoms with Gasteiger partial charge in [-0.2, -0.15) is 18.2 Å². The molecule has 4 aromatic rings. The number of carbonyl (C=O) groups is 2. The van der Waals surface area contributed by atoms with Crippen LogP contribution in [0.2, 0.25) is 0 Å². The van der Waals surface area contributed by atoms with Crippen LogP contribution in [0.5, 0.6) is 0 Å². The maximum absolute atomic E-state index is 15.0. The van der Waals surface area contributed by atoms with E-state index >= 15 is 0 Å². The summed E-state index contributed by atoms with van der Waals surface area (Å²) in [7, 11) is 0. The van der Waals surface area contributed by atoms with Gasteiger partial charge >= 0.3 is 12.2 Å². The summed E-state index contributed by atoms with van der Waals surface area (Å²) < 4.78 is 54.7. The number of nitrogens with one attached hydrogen (secondary N) is 1. The van der Waals surface area contributed by atoms with Gasteiger partial charge in [0.25, 0.3) is 0 Å². The van der Waals surface area contributed by atoms with Crippen LogP contribution in [0.1, 0.15) is 36.5 Å². The Morgan fingerprint density at radius 3 is 2.48 bits per heavy atom. The highest BCUT2D eigenvalue weighted by atomic mass is 32.2. The third-order valence-electron chi connectivity index (χ3n) is 6.43. The predicted molar refractivity (Wildman–Crippen MR) is 153 cm³/mol. The number of anilines is 2. The lowest BCUT2D eigenvalue weighted by Crippen LogP contribution is -2.31. The molecular weight excluding hydrogens is 572 g/mol. The summed E-state index contributed by atoms with van der Waals surface area (Å²) in [4.78, 5) is 35.1. The molecule has 0 spiro atoms. The van der Waals surface area contributed by atoms with Crippen LogP contribution in [0, 0.1) is 12.7 Å². The van der Waals surface area contributed by atoms with Gasteiger partial charge in [-0.1, -0.05) is 49.9 Å². The molecule has 0 aliphatic carbocycles. The van der Waals surface area contributed by atoms with Gasteiger partial charge in [0, 0.05) is 11.6 Å². The molecule has 3 amide bonds. The highest BCUT2D eigenvalue weighted by Crippen LogP contribution is 2.34. The Bertz CT molecular complexity index is 1700. The SMILES string of the molecule is Cc1ccc(C(C)C)c(N2C(=O)CSC2=NC(=O)Nc2ccc(-n3cnc(-c4ccc(C(F)(F)F)cc4)n3)cc2F)c1. The smallest absolute Gasteiger partial charge is 0.303 e. The number of thioether (sulfide) groups is 1. The second kappa shape index (κ2) is 11.4. The van der Waals surface area contributed by atoms with Crippen molar-refractivity contribution in [2.75, 3.05) is 16.0 Å². The summed E-state index contributed by atoms with van der Waals surface area (Å²) in [5, 5.41) is 6.83. The molecule has 1 aliphatic rings. The molecule has 1 N–H and O–H groups in total. The van der Waals surface area contributed by atoms with Crippen molar-refractivity contribution < 1.29 is 27.2 Å². The van der Waals surface area contributed by atoms with Crippen molar-refractivity contribution in [2.45, 2.75) is 32.9 Å². The highest BCUT2D eigenvalue weighted by Gasteiger charge is 2.33.